The molecule has 0 aliphatic carbocycles. The molecule has 0 atom stereocenters. The first kappa shape index (κ1) is 19.1. The van der Waals surface area contributed by atoms with Gasteiger partial charge in [-0.3, -0.25) is 4.79 Å². The van der Waals surface area contributed by atoms with E-state index < -0.39 is 11.9 Å². The molecule has 0 bridgehead atoms. The first-order chi connectivity index (χ1) is 11.7. The van der Waals surface area contributed by atoms with Crippen LogP contribution in [0.4, 0.5) is 5.69 Å². The summed E-state index contributed by atoms with van der Waals surface area (Å²) < 4.78 is 5.15. The van der Waals surface area contributed by atoms with Gasteiger partial charge in [-0.05, 0) is 45.9 Å². The van der Waals surface area contributed by atoms with Crippen molar-refractivity contribution in [2.75, 3.05) is 5.32 Å². The van der Waals surface area contributed by atoms with Crippen LogP contribution in [-0.2, 0) is 4.74 Å². The molecule has 6 nitrogen and oxygen atoms in total. The second kappa shape index (κ2) is 7.80. The predicted molar refractivity (Wildman–Crippen MR) is 96.5 cm³/mol. The number of carbonyl (C=O) groups excluding carboxylic acids is 2. The van der Waals surface area contributed by atoms with Crippen molar-refractivity contribution in [3.63, 3.8) is 0 Å². The molecule has 2 aromatic rings. The highest BCUT2D eigenvalue weighted by Crippen LogP contribution is 2.26. The summed E-state index contributed by atoms with van der Waals surface area (Å²) in [6.07, 6.45) is -0.350. The zero-order chi connectivity index (χ0) is 18.7. The fraction of sp³-hybridized carbons (Fsp3) is 0.294. The molecular weight excluding hydrogens is 365 g/mol. The van der Waals surface area contributed by atoms with E-state index in [1.54, 1.807) is 39.8 Å². The summed E-state index contributed by atoms with van der Waals surface area (Å²) >= 11 is 11.9. The number of halogens is 2. The van der Waals surface area contributed by atoms with Crippen molar-refractivity contribution in [2.45, 2.75) is 33.8 Å². The van der Waals surface area contributed by atoms with Gasteiger partial charge < -0.3 is 10.1 Å². The summed E-state index contributed by atoms with van der Waals surface area (Å²) in [5.74, 6) is -1.33. The van der Waals surface area contributed by atoms with Gasteiger partial charge in [-0.2, -0.15) is 0 Å². The molecule has 25 heavy (non-hydrogen) atoms. The quantitative estimate of drug-likeness (QED) is 0.801. The normalized spacial score (nSPS) is 10.7. The Morgan fingerprint density at radius 1 is 1.08 bits per heavy atom. The van der Waals surface area contributed by atoms with Crippen LogP contribution in [0.5, 0.6) is 0 Å². The van der Waals surface area contributed by atoms with Gasteiger partial charge in [-0.25, -0.2) is 14.8 Å². The van der Waals surface area contributed by atoms with Crippen molar-refractivity contribution >= 4 is 40.8 Å². The van der Waals surface area contributed by atoms with Gasteiger partial charge in [0, 0.05) is 5.02 Å². The zero-order valence-corrected chi connectivity index (χ0v) is 15.7. The molecule has 0 saturated carbocycles. The van der Waals surface area contributed by atoms with Crippen molar-refractivity contribution in [2.24, 2.45) is 0 Å². The molecule has 1 aromatic heterocycles. The number of amides is 1. The number of esters is 1. The Morgan fingerprint density at radius 2 is 1.68 bits per heavy atom. The highest BCUT2D eigenvalue weighted by Gasteiger charge is 2.24. The molecule has 0 fully saturated rings. The van der Waals surface area contributed by atoms with Crippen molar-refractivity contribution in [1.29, 1.82) is 0 Å². The van der Waals surface area contributed by atoms with E-state index in [0.717, 1.165) is 0 Å². The Hall–Kier alpha value is -2.18. The Balaban J connectivity index is 2.40. The van der Waals surface area contributed by atoms with Crippen LogP contribution in [-0.4, -0.2) is 27.9 Å². The lowest BCUT2D eigenvalue weighted by Gasteiger charge is -2.13. The molecule has 0 aliphatic heterocycles. The monoisotopic (exact) mass is 381 g/mol. The molecule has 1 amide bonds. The first-order valence-electron chi connectivity index (χ1n) is 7.51. The van der Waals surface area contributed by atoms with Gasteiger partial charge >= 0.3 is 5.97 Å². The average Bonchev–Trinajstić information content (AvgIpc) is 2.51. The summed E-state index contributed by atoms with van der Waals surface area (Å²) in [5.41, 5.74) is 1.16. The summed E-state index contributed by atoms with van der Waals surface area (Å²) in [6, 6.07) is 4.64. The van der Waals surface area contributed by atoms with Crippen LogP contribution in [0.2, 0.25) is 10.0 Å². The molecular formula is C17H17Cl2N3O3. The SMILES string of the molecule is Cc1nc(C(=O)Nc2ccc(Cl)cc2Cl)c(C(=O)OC(C)C)nc1C. The number of ether oxygens (including phenoxy) is 1. The molecule has 0 radical (unpaired) electrons. The highest BCUT2D eigenvalue weighted by molar-refractivity contribution is 6.36. The largest absolute Gasteiger partial charge is 0.458 e. The molecule has 8 heteroatoms. The Kier molecular flexibility index (Phi) is 5.98. The average molecular weight is 382 g/mol. The number of nitrogens with one attached hydrogen (secondary N) is 1. The molecule has 0 saturated heterocycles. The third-order valence-corrected chi connectivity index (χ3v) is 3.79. The maximum atomic E-state index is 12.6. The molecule has 0 aliphatic rings. The van der Waals surface area contributed by atoms with E-state index in [0.29, 0.717) is 22.1 Å². The number of aromatic nitrogens is 2. The van der Waals surface area contributed by atoms with Crippen molar-refractivity contribution in [1.82, 2.24) is 9.97 Å². The highest BCUT2D eigenvalue weighted by atomic mass is 35.5. The number of benzene rings is 1. The van der Waals surface area contributed by atoms with E-state index in [1.165, 1.54) is 6.07 Å². The number of hydrogen-bond acceptors (Lipinski definition) is 5. The van der Waals surface area contributed by atoms with Crippen LogP contribution in [0, 0.1) is 13.8 Å². The first-order valence-corrected chi connectivity index (χ1v) is 8.27. The number of carbonyl (C=O) groups is 2. The van der Waals surface area contributed by atoms with Crippen LogP contribution in [0.3, 0.4) is 0 Å². The third-order valence-electron chi connectivity index (χ3n) is 3.24. The number of nitrogens with zero attached hydrogens (tertiary/aromatic N) is 2. The van der Waals surface area contributed by atoms with Gasteiger partial charge in [0.15, 0.2) is 11.4 Å². The van der Waals surface area contributed by atoms with Gasteiger partial charge in [0.2, 0.25) is 0 Å². The number of aryl methyl sites for hydroxylation is 2. The number of rotatable bonds is 4. The maximum Gasteiger partial charge on any atom is 0.359 e. The molecule has 1 heterocycles. The van der Waals surface area contributed by atoms with E-state index in [4.69, 9.17) is 27.9 Å². The number of anilines is 1. The van der Waals surface area contributed by atoms with Crippen LogP contribution >= 0.6 is 23.2 Å². The van der Waals surface area contributed by atoms with Gasteiger partial charge in [0.25, 0.3) is 5.91 Å². The zero-order valence-electron chi connectivity index (χ0n) is 14.2. The number of hydrogen-bond donors (Lipinski definition) is 1. The minimum Gasteiger partial charge on any atom is -0.458 e. The summed E-state index contributed by atoms with van der Waals surface area (Å²) in [7, 11) is 0. The molecule has 0 unspecified atom stereocenters. The van der Waals surface area contributed by atoms with Gasteiger partial charge in [0.05, 0.1) is 28.2 Å². The summed E-state index contributed by atoms with van der Waals surface area (Å²) in [6.45, 7) is 6.82. The van der Waals surface area contributed by atoms with E-state index in [-0.39, 0.29) is 22.5 Å². The van der Waals surface area contributed by atoms with E-state index >= 15 is 0 Å². The fourth-order valence-corrected chi connectivity index (χ4v) is 2.40. The summed E-state index contributed by atoms with van der Waals surface area (Å²) in [5, 5.41) is 3.32. The van der Waals surface area contributed by atoms with Crippen LogP contribution in [0.25, 0.3) is 0 Å². The van der Waals surface area contributed by atoms with Gasteiger partial charge in [-0.15, -0.1) is 0 Å². The third kappa shape index (κ3) is 4.67. The Morgan fingerprint density at radius 3 is 2.24 bits per heavy atom. The van der Waals surface area contributed by atoms with Crippen LogP contribution in [0.1, 0.15) is 46.2 Å². The Bertz CT molecular complexity index is 838. The lowest BCUT2D eigenvalue weighted by atomic mass is 10.2. The van der Waals surface area contributed by atoms with Crippen molar-refractivity contribution in [3.05, 3.63) is 51.0 Å². The second-order valence-electron chi connectivity index (χ2n) is 5.62. The maximum absolute atomic E-state index is 12.6. The van der Waals surface area contributed by atoms with Crippen LogP contribution in [0.15, 0.2) is 18.2 Å². The van der Waals surface area contributed by atoms with E-state index in [2.05, 4.69) is 15.3 Å². The van der Waals surface area contributed by atoms with Gasteiger partial charge in [-0.1, -0.05) is 23.2 Å². The second-order valence-corrected chi connectivity index (χ2v) is 6.47. The molecule has 1 aromatic carbocycles. The van der Waals surface area contributed by atoms with Crippen molar-refractivity contribution < 1.29 is 14.3 Å². The van der Waals surface area contributed by atoms with E-state index in [9.17, 15) is 9.59 Å². The molecule has 0 spiro atoms. The molecule has 132 valence electrons. The fourth-order valence-electron chi connectivity index (χ4n) is 1.95. The lowest BCUT2D eigenvalue weighted by Crippen LogP contribution is -2.23. The smallest absolute Gasteiger partial charge is 0.359 e. The topological polar surface area (TPSA) is 81.2 Å². The van der Waals surface area contributed by atoms with Crippen LogP contribution < -0.4 is 5.32 Å². The minimum absolute atomic E-state index is 0.125. The standard InChI is InChI=1S/C17H17Cl2N3O3/c1-8(2)25-17(24)15-14(20-9(3)10(4)21-15)16(23)22-13-6-5-11(18)7-12(13)19/h5-8H,1-4H3,(H,22,23). The molecule has 2 rings (SSSR count). The Labute approximate surface area is 155 Å². The molecule has 1 N–H and O–H groups in total. The minimum atomic E-state index is -0.710. The summed E-state index contributed by atoms with van der Waals surface area (Å²) in [4.78, 5) is 33.2. The van der Waals surface area contributed by atoms with Gasteiger partial charge in [0.1, 0.15) is 0 Å². The van der Waals surface area contributed by atoms with E-state index in [1.807, 2.05) is 0 Å². The predicted octanol–water partition coefficient (Wildman–Crippen LogP) is 4.22. The van der Waals surface area contributed by atoms with Crippen molar-refractivity contribution in [3.8, 4) is 0 Å². The lowest BCUT2D eigenvalue weighted by molar-refractivity contribution is 0.0367.